The number of hydrazine groups is 1. The highest BCUT2D eigenvalue weighted by molar-refractivity contribution is 5.41. The Morgan fingerprint density at radius 3 is 2.61 bits per heavy atom. The van der Waals surface area contributed by atoms with Crippen molar-refractivity contribution in [2.45, 2.75) is 13.5 Å². The van der Waals surface area contributed by atoms with E-state index in [1.54, 1.807) is 0 Å². The number of hydrogen-bond donors (Lipinski definition) is 2. The van der Waals surface area contributed by atoms with Crippen LogP contribution in [-0.2, 0) is 6.54 Å². The number of ether oxygens (including phenoxy) is 1. The lowest BCUT2D eigenvalue weighted by Gasteiger charge is -2.09. The number of benzene rings is 2. The van der Waals surface area contributed by atoms with E-state index in [1.165, 1.54) is 5.56 Å². The van der Waals surface area contributed by atoms with E-state index in [4.69, 9.17) is 4.74 Å². The molecule has 0 spiro atoms. The van der Waals surface area contributed by atoms with Gasteiger partial charge in [-0.1, -0.05) is 30.3 Å². The molecule has 0 aliphatic heterocycles. The molecule has 0 unspecified atom stereocenters. The smallest absolute Gasteiger partial charge is 0.119 e. The Morgan fingerprint density at radius 2 is 1.83 bits per heavy atom. The maximum Gasteiger partial charge on any atom is 0.119 e. The summed E-state index contributed by atoms with van der Waals surface area (Å²) >= 11 is 0. The van der Waals surface area contributed by atoms with E-state index in [9.17, 15) is 0 Å². The van der Waals surface area contributed by atoms with Crippen LogP contribution >= 0.6 is 0 Å². The summed E-state index contributed by atoms with van der Waals surface area (Å²) in [7, 11) is 0. The predicted molar refractivity (Wildman–Crippen MR) is 74.5 cm³/mol. The van der Waals surface area contributed by atoms with E-state index in [2.05, 4.69) is 16.9 Å². The molecular formula is C15H18N2O. The maximum absolute atomic E-state index is 5.46. The summed E-state index contributed by atoms with van der Waals surface area (Å²) in [5.74, 6) is 0.913. The molecule has 2 rings (SSSR count). The zero-order valence-electron chi connectivity index (χ0n) is 10.5. The molecule has 0 aliphatic carbocycles. The average Bonchev–Trinajstić information content (AvgIpc) is 2.41. The Bertz CT molecular complexity index is 471. The van der Waals surface area contributed by atoms with Crippen molar-refractivity contribution in [2.24, 2.45) is 0 Å². The third-order valence-corrected chi connectivity index (χ3v) is 2.51. The van der Waals surface area contributed by atoms with Gasteiger partial charge < -0.3 is 10.2 Å². The van der Waals surface area contributed by atoms with E-state index < -0.39 is 0 Å². The van der Waals surface area contributed by atoms with Crippen molar-refractivity contribution in [2.75, 3.05) is 12.0 Å². The zero-order valence-corrected chi connectivity index (χ0v) is 10.5. The van der Waals surface area contributed by atoms with Crippen LogP contribution in [0.2, 0.25) is 0 Å². The molecule has 0 saturated heterocycles. The number of rotatable bonds is 6. The number of para-hydroxylation sites is 1. The van der Waals surface area contributed by atoms with E-state index in [0.717, 1.165) is 18.0 Å². The van der Waals surface area contributed by atoms with Crippen LogP contribution in [-0.4, -0.2) is 6.61 Å². The van der Waals surface area contributed by atoms with Gasteiger partial charge in [-0.2, -0.15) is 0 Å². The summed E-state index contributed by atoms with van der Waals surface area (Å²) in [6, 6.07) is 18.1. The highest BCUT2D eigenvalue weighted by Gasteiger charge is 1.96. The van der Waals surface area contributed by atoms with E-state index in [-0.39, 0.29) is 0 Å². The quantitative estimate of drug-likeness (QED) is 0.763. The summed E-state index contributed by atoms with van der Waals surface area (Å²) in [5.41, 5.74) is 8.57. The van der Waals surface area contributed by atoms with Crippen LogP contribution in [0.4, 0.5) is 5.69 Å². The lowest BCUT2D eigenvalue weighted by Crippen LogP contribution is -2.20. The predicted octanol–water partition coefficient (Wildman–Crippen LogP) is 3.20. The van der Waals surface area contributed by atoms with E-state index >= 15 is 0 Å². The fourth-order valence-corrected chi connectivity index (χ4v) is 1.68. The van der Waals surface area contributed by atoms with Gasteiger partial charge in [0.2, 0.25) is 0 Å². The van der Waals surface area contributed by atoms with Crippen LogP contribution in [0.15, 0.2) is 54.6 Å². The lowest BCUT2D eigenvalue weighted by atomic mass is 10.2. The number of nitrogens with one attached hydrogen (secondary N) is 2. The normalized spacial score (nSPS) is 10.1. The van der Waals surface area contributed by atoms with E-state index in [0.29, 0.717) is 6.61 Å². The summed E-state index contributed by atoms with van der Waals surface area (Å²) < 4.78 is 5.46. The van der Waals surface area contributed by atoms with Gasteiger partial charge in [0.1, 0.15) is 5.75 Å². The third-order valence-electron chi connectivity index (χ3n) is 2.51. The van der Waals surface area contributed by atoms with Gasteiger partial charge in [-0.3, -0.25) is 0 Å². The van der Waals surface area contributed by atoms with E-state index in [1.807, 2.05) is 55.5 Å². The van der Waals surface area contributed by atoms with Crippen molar-refractivity contribution in [1.29, 1.82) is 0 Å². The van der Waals surface area contributed by atoms with Crippen molar-refractivity contribution >= 4 is 5.69 Å². The Kier molecular flexibility index (Phi) is 4.61. The number of hydrogen-bond acceptors (Lipinski definition) is 3. The van der Waals surface area contributed by atoms with Gasteiger partial charge in [-0.25, -0.2) is 5.43 Å². The summed E-state index contributed by atoms with van der Waals surface area (Å²) in [5, 5.41) is 0. The molecule has 0 heterocycles. The monoisotopic (exact) mass is 242 g/mol. The first-order valence-corrected chi connectivity index (χ1v) is 6.14. The standard InChI is InChI=1S/C15H18N2O/c1-2-18-15-10-6-7-13(11-15)12-16-17-14-8-4-3-5-9-14/h3-11,16-17H,2,12H2,1H3. The Morgan fingerprint density at radius 1 is 1.00 bits per heavy atom. The second-order valence-corrected chi connectivity index (χ2v) is 3.92. The topological polar surface area (TPSA) is 33.3 Å². The Balaban J connectivity index is 1.84. The lowest BCUT2D eigenvalue weighted by molar-refractivity contribution is 0.340. The van der Waals surface area contributed by atoms with Crippen molar-refractivity contribution in [3.63, 3.8) is 0 Å². The molecule has 3 nitrogen and oxygen atoms in total. The van der Waals surface area contributed by atoms with Crippen LogP contribution in [0.1, 0.15) is 12.5 Å². The molecule has 0 saturated carbocycles. The summed E-state index contributed by atoms with van der Waals surface area (Å²) in [6.45, 7) is 3.43. The minimum atomic E-state index is 0.694. The fourth-order valence-electron chi connectivity index (χ4n) is 1.68. The molecule has 2 aromatic rings. The maximum atomic E-state index is 5.46. The fraction of sp³-hybridized carbons (Fsp3) is 0.200. The molecule has 0 fully saturated rings. The van der Waals surface area contributed by atoms with Crippen LogP contribution in [0.3, 0.4) is 0 Å². The first-order valence-electron chi connectivity index (χ1n) is 6.14. The molecule has 3 heteroatoms. The van der Waals surface area contributed by atoms with Gasteiger partial charge in [0.25, 0.3) is 0 Å². The highest BCUT2D eigenvalue weighted by Crippen LogP contribution is 2.13. The Labute approximate surface area is 108 Å². The minimum absolute atomic E-state index is 0.694. The minimum Gasteiger partial charge on any atom is -0.494 e. The second kappa shape index (κ2) is 6.67. The SMILES string of the molecule is CCOc1cccc(CNNc2ccccc2)c1. The van der Waals surface area contributed by atoms with Gasteiger partial charge in [-0.05, 0) is 36.8 Å². The molecule has 0 aliphatic rings. The van der Waals surface area contributed by atoms with Crippen molar-refractivity contribution in [3.05, 3.63) is 60.2 Å². The molecular weight excluding hydrogens is 224 g/mol. The number of anilines is 1. The van der Waals surface area contributed by atoms with Gasteiger partial charge in [-0.15, -0.1) is 0 Å². The summed E-state index contributed by atoms with van der Waals surface area (Å²) in [6.07, 6.45) is 0. The third kappa shape index (κ3) is 3.79. The molecule has 18 heavy (non-hydrogen) atoms. The first kappa shape index (κ1) is 12.5. The van der Waals surface area contributed by atoms with Crippen LogP contribution < -0.4 is 15.6 Å². The molecule has 0 atom stereocenters. The molecule has 94 valence electrons. The Hall–Kier alpha value is -2.00. The largest absolute Gasteiger partial charge is 0.494 e. The average molecular weight is 242 g/mol. The second-order valence-electron chi connectivity index (χ2n) is 3.92. The van der Waals surface area contributed by atoms with Crippen LogP contribution in [0.25, 0.3) is 0 Å². The molecule has 0 bridgehead atoms. The van der Waals surface area contributed by atoms with Crippen molar-refractivity contribution in [3.8, 4) is 5.75 Å². The van der Waals surface area contributed by atoms with Gasteiger partial charge >= 0.3 is 0 Å². The highest BCUT2D eigenvalue weighted by atomic mass is 16.5. The van der Waals surface area contributed by atoms with Crippen molar-refractivity contribution in [1.82, 2.24) is 5.43 Å². The molecule has 0 amide bonds. The van der Waals surface area contributed by atoms with Crippen LogP contribution in [0, 0.1) is 0 Å². The molecule has 2 aromatic carbocycles. The van der Waals surface area contributed by atoms with Gasteiger partial charge in [0.05, 0.1) is 6.61 Å². The van der Waals surface area contributed by atoms with Crippen LogP contribution in [0.5, 0.6) is 5.75 Å². The van der Waals surface area contributed by atoms with Crippen molar-refractivity contribution < 1.29 is 4.74 Å². The molecule has 2 N–H and O–H groups in total. The van der Waals surface area contributed by atoms with Gasteiger partial charge in [0.15, 0.2) is 0 Å². The first-order chi connectivity index (χ1) is 8.88. The van der Waals surface area contributed by atoms with Gasteiger partial charge in [0, 0.05) is 12.2 Å². The molecule has 0 radical (unpaired) electrons. The zero-order chi connectivity index (χ0) is 12.6. The molecule has 0 aromatic heterocycles. The summed E-state index contributed by atoms with van der Waals surface area (Å²) in [4.78, 5) is 0.